The van der Waals surface area contributed by atoms with E-state index in [-0.39, 0.29) is 6.03 Å². The summed E-state index contributed by atoms with van der Waals surface area (Å²) in [6.07, 6.45) is 1.13. The van der Waals surface area contributed by atoms with Crippen molar-refractivity contribution in [1.29, 1.82) is 0 Å². The van der Waals surface area contributed by atoms with Crippen molar-refractivity contribution in [1.82, 2.24) is 15.1 Å². The Hall–Kier alpha value is -1.76. The number of benzene rings is 1. The van der Waals surface area contributed by atoms with E-state index in [4.69, 9.17) is 11.6 Å². The lowest BCUT2D eigenvalue weighted by atomic mass is 10.1. The SMILES string of the molecule is O=C(NCCN1CCc2sccc2C1)N1CCN(c2ccccc2Cl)CC1. The second-order valence-electron chi connectivity index (χ2n) is 7.05. The van der Waals surface area contributed by atoms with E-state index in [1.54, 1.807) is 0 Å². The highest BCUT2D eigenvalue weighted by Crippen LogP contribution is 2.26. The van der Waals surface area contributed by atoms with Gasteiger partial charge >= 0.3 is 6.03 Å². The summed E-state index contributed by atoms with van der Waals surface area (Å²) >= 11 is 8.14. The lowest BCUT2D eigenvalue weighted by molar-refractivity contribution is 0.190. The number of carbonyl (C=O) groups is 1. The predicted octanol–water partition coefficient (Wildman–Crippen LogP) is 3.29. The van der Waals surface area contributed by atoms with E-state index < -0.39 is 0 Å². The molecule has 1 aromatic heterocycles. The zero-order valence-corrected chi connectivity index (χ0v) is 16.9. The molecule has 2 aromatic rings. The molecule has 2 aliphatic rings. The smallest absolute Gasteiger partial charge is 0.317 e. The van der Waals surface area contributed by atoms with Gasteiger partial charge in [0, 0.05) is 57.2 Å². The molecule has 27 heavy (non-hydrogen) atoms. The van der Waals surface area contributed by atoms with Crippen LogP contribution in [0, 0.1) is 0 Å². The number of carbonyl (C=O) groups excluding carboxylic acids is 1. The van der Waals surface area contributed by atoms with E-state index in [1.165, 1.54) is 10.4 Å². The maximum Gasteiger partial charge on any atom is 0.317 e. The van der Waals surface area contributed by atoms with Gasteiger partial charge in [0.25, 0.3) is 0 Å². The number of urea groups is 1. The Bertz CT molecular complexity index is 788. The number of hydrogen-bond donors (Lipinski definition) is 1. The molecule has 1 N–H and O–H groups in total. The number of nitrogens with zero attached hydrogens (tertiary/aromatic N) is 3. The number of para-hydroxylation sites is 1. The topological polar surface area (TPSA) is 38.8 Å². The summed E-state index contributed by atoms with van der Waals surface area (Å²) in [5.74, 6) is 0. The van der Waals surface area contributed by atoms with Gasteiger partial charge in [-0.25, -0.2) is 4.79 Å². The van der Waals surface area contributed by atoms with Crippen molar-refractivity contribution in [3.8, 4) is 0 Å². The fourth-order valence-electron chi connectivity index (χ4n) is 3.79. The second-order valence-corrected chi connectivity index (χ2v) is 8.46. The van der Waals surface area contributed by atoms with Gasteiger partial charge in [-0.05, 0) is 35.6 Å². The van der Waals surface area contributed by atoms with Crippen LogP contribution in [-0.4, -0.2) is 61.6 Å². The highest BCUT2D eigenvalue weighted by Gasteiger charge is 2.22. The van der Waals surface area contributed by atoms with Crippen LogP contribution >= 0.6 is 22.9 Å². The summed E-state index contributed by atoms with van der Waals surface area (Å²) in [4.78, 5) is 20.6. The number of rotatable bonds is 4. The Kier molecular flexibility index (Phi) is 5.86. The van der Waals surface area contributed by atoms with Gasteiger partial charge in [0.1, 0.15) is 0 Å². The maximum absolute atomic E-state index is 12.5. The normalized spacial score (nSPS) is 17.7. The molecule has 0 saturated carbocycles. The van der Waals surface area contributed by atoms with Gasteiger partial charge in [0.15, 0.2) is 0 Å². The lowest BCUT2D eigenvalue weighted by Crippen LogP contribution is -2.52. The second kappa shape index (κ2) is 8.50. The van der Waals surface area contributed by atoms with Crippen LogP contribution in [0.2, 0.25) is 5.02 Å². The Labute approximate surface area is 169 Å². The molecular formula is C20H25ClN4OS. The summed E-state index contributed by atoms with van der Waals surface area (Å²) < 4.78 is 0. The average molecular weight is 405 g/mol. The molecule has 0 bridgehead atoms. The van der Waals surface area contributed by atoms with Crippen LogP contribution < -0.4 is 10.2 Å². The summed E-state index contributed by atoms with van der Waals surface area (Å²) in [6, 6.07) is 10.2. The molecule has 4 rings (SSSR count). The van der Waals surface area contributed by atoms with E-state index in [9.17, 15) is 4.79 Å². The summed E-state index contributed by atoms with van der Waals surface area (Å²) in [6.45, 7) is 6.75. The van der Waals surface area contributed by atoms with E-state index in [2.05, 4.69) is 26.6 Å². The van der Waals surface area contributed by atoms with Crippen molar-refractivity contribution in [3.63, 3.8) is 0 Å². The Balaban J connectivity index is 1.19. The molecule has 0 spiro atoms. The predicted molar refractivity (Wildman–Crippen MR) is 112 cm³/mol. The summed E-state index contributed by atoms with van der Waals surface area (Å²) in [7, 11) is 0. The fraction of sp³-hybridized carbons (Fsp3) is 0.450. The van der Waals surface area contributed by atoms with Crippen molar-refractivity contribution >= 4 is 34.7 Å². The first-order valence-electron chi connectivity index (χ1n) is 9.50. The van der Waals surface area contributed by atoms with Gasteiger partial charge in [-0.2, -0.15) is 0 Å². The number of piperazine rings is 1. The zero-order valence-electron chi connectivity index (χ0n) is 15.4. The standard InChI is InChI=1S/C20H25ClN4OS/c21-17-3-1-2-4-18(17)24-10-12-25(13-11-24)20(26)22-7-9-23-8-5-19-16(15-23)6-14-27-19/h1-4,6,14H,5,7-13,15H2,(H,22,26). The van der Waals surface area contributed by atoms with Crippen LogP contribution in [0.3, 0.4) is 0 Å². The number of halogens is 1. The molecule has 2 aliphatic heterocycles. The fourth-order valence-corrected chi connectivity index (χ4v) is 4.93. The van der Waals surface area contributed by atoms with Gasteiger partial charge in [-0.3, -0.25) is 4.90 Å². The first-order valence-corrected chi connectivity index (χ1v) is 10.8. The van der Waals surface area contributed by atoms with E-state index in [1.807, 2.05) is 40.5 Å². The zero-order chi connectivity index (χ0) is 18.6. The van der Waals surface area contributed by atoms with Crippen LogP contribution in [0.4, 0.5) is 10.5 Å². The number of thiophene rings is 1. The van der Waals surface area contributed by atoms with Gasteiger partial charge in [0.05, 0.1) is 10.7 Å². The molecule has 2 amide bonds. The van der Waals surface area contributed by atoms with Gasteiger partial charge < -0.3 is 15.1 Å². The number of hydrogen-bond acceptors (Lipinski definition) is 4. The molecule has 3 heterocycles. The van der Waals surface area contributed by atoms with E-state index >= 15 is 0 Å². The molecule has 0 radical (unpaired) electrons. The number of nitrogens with one attached hydrogen (secondary N) is 1. The first kappa shape index (κ1) is 18.6. The minimum Gasteiger partial charge on any atom is -0.367 e. The van der Waals surface area contributed by atoms with Crippen molar-refractivity contribution in [2.45, 2.75) is 13.0 Å². The Morgan fingerprint density at radius 1 is 1.11 bits per heavy atom. The molecule has 0 atom stereocenters. The van der Waals surface area contributed by atoms with Crippen LogP contribution in [0.15, 0.2) is 35.7 Å². The number of amides is 2. The largest absolute Gasteiger partial charge is 0.367 e. The molecule has 1 fully saturated rings. The summed E-state index contributed by atoms with van der Waals surface area (Å²) in [5.41, 5.74) is 2.50. The van der Waals surface area contributed by atoms with Crippen molar-refractivity contribution < 1.29 is 4.79 Å². The molecular weight excluding hydrogens is 380 g/mol. The number of fused-ring (bicyclic) bond motifs is 1. The highest BCUT2D eigenvalue weighted by molar-refractivity contribution is 7.10. The first-order chi connectivity index (χ1) is 13.2. The molecule has 1 aromatic carbocycles. The van der Waals surface area contributed by atoms with Crippen molar-refractivity contribution in [2.75, 3.05) is 50.7 Å². The van der Waals surface area contributed by atoms with E-state index in [0.29, 0.717) is 6.54 Å². The number of anilines is 1. The van der Waals surface area contributed by atoms with Crippen LogP contribution in [0.25, 0.3) is 0 Å². The molecule has 7 heteroatoms. The third-order valence-corrected chi connectivity index (χ3v) is 6.69. The van der Waals surface area contributed by atoms with Crippen LogP contribution in [0.5, 0.6) is 0 Å². The Morgan fingerprint density at radius 2 is 1.93 bits per heavy atom. The summed E-state index contributed by atoms with van der Waals surface area (Å²) in [5, 5.41) is 6.03. The minimum absolute atomic E-state index is 0.0436. The molecule has 1 saturated heterocycles. The van der Waals surface area contributed by atoms with Gasteiger partial charge in [0.2, 0.25) is 0 Å². The minimum atomic E-state index is 0.0436. The maximum atomic E-state index is 12.5. The van der Waals surface area contributed by atoms with Crippen LogP contribution in [-0.2, 0) is 13.0 Å². The Morgan fingerprint density at radius 3 is 2.74 bits per heavy atom. The van der Waals surface area contributed by atoms with Crippen LogP contribution in [0.1, 0.15) is 10.4 Å². The van der Waals surface area contributed by atoms with E-state index in [0.717, 1.165) is 62.9 Å². The molecule has 5 nitrogen and oxygen atoms in total. The molecule has 144 valence electrons. The quantitative estimate of drug-likeness (QED) is 0.849. The molecule has 0 unspecified atom stereocenters. The highest BCUT2D eigenvalue weighted by atomic mass is 35.5. The third kappa shape index (κ3) is 4.39. The molecule has 0 aliphatic carbocycles. The average Bonchev–Trinajstić information content (AvgIpc) is 3.16. The third-order valence-electron chi connectivity index (χ3n) is 5.35. The monoisotopic (exact) mass is 404 g/mol. The van der Waals surface area contributed by atoms with Crippen molar-refractivity contribution in [2.24, 2.45) is 0 Å². The van der Waals surface area contributed by atoms with Gasteiger partial charge in [-0.15, -0.1) is 11.3 Å². The van der Waals surface area contributed by atoms with Gasteiger partial charge in [-0.1, -0.05) is 23.7 Å². The lowest BCUT2D eigenvalue weighted by Gasteiger charge is -2.36. The van der Waals surface area contributed by atoms with Crippen molar-refractivity contribution in [3.05, 3.63) is 51.2 Å².